The molecule has 0 spiro atoms. The minimum absolute atomic E-state index is 0.0138. The lowest BCUT2D eigenvalue weighted by atomic mass is 9.80. The monoisotopic (exact) mass is 223 g/mol. The molecule has 0 aromatic rings. The van der Waals surface area contributed by atoms with Crippen molar-refractivity contribution in [2.24, 2.45) is 5.92 Å². The molecule has 2 N–H and O–H groups in total. The zero-order valence-corrected chi connectivity index (χ0v) is 9.74. The Kier molecular flexibility index (Phi) is 4.74. The Morgan fingerprint density at radius 3 is 2.31 bits per heavy atom. The van der Waals surface area contributed by atoms with Crippen LogP contribution in [0.2, 0.25) is 0 Å². The van der Waals surface area contributed by atoms with Crippen molar-refractivity contribution in [1.82, 2.24) is 5.32 Å². The summed E-state index contributed by atoms with van der Waals surface area (Å²) in [6, 6.07) is 0. The maximum atomic E-state index is 11.8. The molecule has 90 valence electrons. The van der Waals surface area contributed by atoms with Gasteiger partial charge in [0, 0.05) is 12.5 Å². The Balaban J connectivity index is 2.35. The molecule has 0 heterocycles. The minimum Gasteiger partial charge on any atom is -0.388 e. The number of carbonyl (C=O) groups excluding carboxylic acids is 1. The second-order valence-corrected chi connectivity index (χ2v) is 4.54. The van der Waals surface area contributed by atoms with Crippen molar-refractivity contribution < 1.29 is 9.90 Å². The van der Waals surface area contributed by atoms with E-state index in [0.29, 0.717) is 19.4 Å². The number of rotatable bonds is 7. The number of hydrogen-bond acceptors (Lipinski definition) is 2. The SMILES string of the molecule is C=CCC(CC=C)C(=O)NCC1(O)CCC1. The molecular formula is C13H21NO2. The average Bonchev–Trinajstić information content (AvgIpc) is 2.23. The van der Waals surface area contributed by atoms with Crippen molar-refractivity contribution in [3.8, 4) is 0 Å². The van der Waals surface area contributed by atoms with Gasteiger partial charge in [0.05, 0.1) is 5.60 Å². The molecule has 1 fully saturated rings. The molecule has 0 aliphatic heterocycles. The van der Waals surface area contributed by atoms with Gasteiger partial charge in [-0.05, 0) is 32.1 Å². The summed E-state index contributed by atoms with van der Waals surface area (Å²) in [5.41, 5.74) is -0.650. The van der Waals surface area contributed by atoms with E-state index >= 15 is 0 Å². The fraction of sp³-hybridized carbons (Fsp3) is 0.615. The highest BCUT2D eigenvalue weighted by molar-refractivity contribution is 5.79. The lowest BCUT2D eigenvalue weighted by molar-refractivity contribution is -0.127. The van der Waals surface area contributed by atoms with Crippen molar-refractivity contribution in [1.29, 1.82) is 0 Å². The van der Waals surface area contributed by atoms with Gasteiger partial charge in [0.2, 0.25) is 5.91 Å². The van der Waals surface area contributed by atoms with Crippen molar-refractivity contribution >= 4 is 5.91 Å². The standard InChI is InChI=1S/C13H21NO2/c1-3-6-11(7-4-2)12(15)14-10-13(16)8-5-9-13/h3-4,11,16H,1-2,5-10H2,(H,14,15). The van der Waals surface area contributed by atoms with Crippen LogP contribution < -0.4 is 5.32 Å². The zero-order valence-electron chi connectivity index (χ0n) is 9.74. The quantitative estimate of drug-likeness (QED) is 0.646. The first kappa shape index (κ1) is 13.0. The van der Waals surface area contributed by atoms with E-state index in [0.717, 1.165) is 19.3 Å². The largest absolute Gasteiger partial charge is 0.388 e. The average molecular weight is 223 g/mol. The van der Waals surface area contributed by atoms with Gasteiger partial charge in [0.25, 0.3) is 0 Å². The maximum Gasteiger partial charge on any atom is 0.223 e. The third-order valence-corrected chi connectivity index (χ3v) is 3.15. The van der Waals surface area contributed by atoms with Crippen molar-refractivity contribution in [2.45, 2.75) is 37.7 Å². The number of aliphatic hydroxyl groups is 1. The molecule has 0 aromatic heterocycles. The van der Waals surface area contributed by atoms with Crippen LogP contribution in [0.15, 0.2) is 25.3 Å². The molecule has 16 heavy (non-hydrogen) atoms. The molecule has 1 saturated carbocycles. The predicted octanol–water partition coefficient (Wildman–Crippen LogP) is 1.79. The Morgan fingerprint density at radius 2 is 1.94 bits per heavy atom. The van der Waals surface area contributed by atoms with E-state index in [-0.39, 0.29) is 11.8 Å². The summed E-state index contributed by atoms with van der Waals surface area (Å²) in [6.07, 6.45) is 7.42. The van der Waals surface area contributed by atoms with Gasteiger partial charge in [-0.15, -0.1) is 13.2 Å². The predicted molar refractivity (Wildman–Crippen MR) is 64.9 cm³/mol. The second kappa shape index (κ2) is 5.85. The highest BCUT2D eigenvalue weighted by atomic mass is 16.3. The number of carbonyl (C=O) groups is 1. The van der Waals surface area contributed by atoms with Crippen LogP contribution in [-0.4, -0.2) is 23.2 Å². The van der Waals surface area contributed by atoms with Crippen LogP contribution >= 0.6 is 0 Å². The van der Waals surface area contributed by atoms with Gasteiger partial charge in [-0.1, -0.05) is 12.2 Å². The summed E-state index contributed by atoms with van der Waals surface area (Å²) in [5.74, 6) is -0.112. The first-order valence-corrected chi connectivity index (χ1v) is 5.83. The lowest BCUT2D eigenvalue weighted by Crippen LogP contribution is -2.48. The number of hydrogen-bond donors (Lipinski definition) is 2. The normalized spacial score (nSPS) is 17.6. The second-order valence-electron chi connectivity index (χ2n) is 4.54. The summed E-state index contributed by atoms with van der Waals surface area (Å²) in [5, 5.41) is 12.7. The van der Waals surface area contributed by atoms with Crippen LogP contribution in [0.5, 0.6) is 0 Å². The van der Waals surface area contributed by atoms with Gasteiger partial charge in [-0.3, -0.25) is 4.79 Å². The van der Waals surface area contributed by atoms with Crippen LogP contribution in [0.4, 0.5) is 0 Å². The van der Waals surface area contributed by atoms with E-state index < -0.39 is 5.60 Å². The fourth-order valence-electron chi connectivity index (χ4n) is 1.87. The lowest BCUT2D eigenvalue weighted by Gasteiger charge is -2.36. The minimum atomic E-state index is -0.650. The number of amides is 1. The molecular weight excluding hydrogens is 202 g/mol. The third-order valence-electron chi connectivity index (χ3n) is 3.15. The molecule has 0 saturated heterocycles. The summed E-state index contributed by atoms with van der Waals surface area (Å²) in [7, 11) is 0. The van der Waals surface area contributed by atoms with Gasteiger partial charge in [0.1, 0.15) is 0 Å². The Morgan fingerprint density at radius 1 is 1.38 bits per heavy atom. The molecule has 0 aromatic carbocycles. The summed E-state index contributed by atoms with van der Waals surface area (Å²) < 4.78 is 0. The molecule has 0 radical (unpaired) electrons. The van der Waals surface area contributed by atoms with Crippen LogP contribution in [0.25, 0.3) is 0 Å². The van der Waals surface area contributed by atoms with Crippen molar-refractivity contribution in [3.63, 3.8) is 0 Å². The van der Waals surface area contributed by atoms with Crippen LogP contribution in [0.1, 0.15) is 32.1 Å². The van der Waals surface area contributed by atoms with Gasteiger partial charge < -0.3 is 10.4 Å². The summed E-state index contributed by atoms with van der Waals surface area (Å²) in [6.45, 7) is 7.65. The van der Waals surface area contributed by atoms with Gasteiger partial charge >= 0.3 is 0 Å². The van der Waals surface area contributed by atoms with E-state index in [1.54, 1.807) is 12.2 Å². The third kappa shape index (κ3) is 3.49. The van der Waals surface area contributed by atoms with E-state index in [1.165, 1.54) is 0 Å². The zero-order chi connectivity index (χ0) is 12.0. The fourth-order valence-corrected chi connectivity index (χ4v) is 1.87. The van der Waals surface area contributed by atoms with E-state index in [1.807, 2.05) is 0 Å². The summed E-state index contributed by atoms with van der Waals surface area (Å²) >= 11 is 0. The van der Waals surface area contributed by atoms with Crippen LogP contribution in [0.3, 0.4) is 0 Å². The van der Waals surface area contributed by atoms with Gasteiger partial charge in [0.15, 0.2) is 0 Å². The molecule has 0 atom stereocenters. The van der Waals surface area contributed by atoms with Crippen molar-refractivity contribution in [2.75, 3.05) is 6.54 Å². The maximum absolute atomic E-state index is 11.8. The van der Waals surface area contributed by atoms with Crippen LogP contribution in [-0.2, 0) is 4.79 Å². The summed E-state index contributed by atoms with van der Waals surface area (Å²) in [4.78, 5) is 11.8. The molecule has 1 amide bonds. The highest BCUT2D eigenvalue weighted by Gasteiger charge is 2.34. The molecule has 3 heteroatoms. The smallest absolute Gasteiger partial charge is 0.223 e. The Bertz CT molecular complexity index is 259. The molecule has 1 aliphatic carbocycles. The molecule has 1 aliphatic rings. The first-order valence-electron chi connectivity index (χ1n) is 5.83. The van der Waals surface area contributed by atoms with Gasteiger partial charge in [-0.25, -0.2) is 0 Å². The van der Waals surface area contributed by atoms with Crippen LogP contribution in [0, 0.1) is 5.92 Å². The molecule has 0 unspecified atom stereocenters. The highest BCUT2D eigenvalue weighted by Crippen LogP contribution is 2.30. The molecule has 0 bridgehead atoms. The first-order chi connectivity index (χ1) is 7.61. The molecule has 3 nitrogen and oxygen atoms in total. The Hall–Kier alpha value is -1.09. The Labute approximate surface area is 97.2 Å². The molecule has 1 rings (SSSR count). The van der Waals surface area contributed by atoms with E-state index in [9.17, 15) is 9.90 Å². The topological polar surface area (TPSA) is 49.3 Å². The van der Waals surface area contributed by atoms with E-state index in [2.05, 4.69) is 18.5 Å². The van der Waals surface area contributed by atoms with Gasteiger partial charge in [-0.2, -0.15) is 0 Å². The van der Waals surface area contributed by atoms with Crippen molar-refractivity contribution in [3.05, 3.63) is 25.3 Å². The number of allylic oxidation sites excluding steroid dienone is 2. The number of nitrogens with one attached hydrogen (secondary N) is 1. The van der Waals surface area contributed by atoms with E-state index in [4.69, 9.17) is 0 Å².